The van der Waals surface area contributed by atoms with E-state index in [1.165, 1.54) is 7.11 Å². The fraction of sp³-hybridized carbons (Fsp3) is 0.158. The molecule has 5 nitrogen and oxygen atoms in total. The second-order valence-corrected chi connectivity index (χ2v) is 5.73. The summed E-state index contributed by atoms with van der Waals surface area (Å²) >= 11 is 5.94. The second-order valence-electron chi connectivity index (χ2n) is 5.29. The predicted molar refractivity (Wildman–Crippen MR) is 99.0 cm³/mol. The number of pyridine rings is 1. The lowest BCUT2D eigenvalue weighted by atomic mass is 10.1. The number of ether oxygens (including phenoxy) is 2. The Morgan fingerprint density at radius 3 is 2.60 bits per heavy atom. The maximum absolute atomic E-state index is 11.9. The van der Waals surface area contributed by atoms with Crippen LogP contribution in [0, 0.1) is 0 Å². The summed E-state index contributed by atoms with van der Waals surface area (Å²) in [6.07, 6.45) is 0. The first-order chi connectivity index (χ1) is 12.1. The number of nitrogens with one attached hydrogen (secondary N) is 1. The molecule has 0 aliphatic carbocycles. The van der Waals surface area contributed by atoms with Crippen molar-refractivity contribution in [3.8, 4) is 5.75 Å². The maximum Gasteiger partial charge on any atom is 0.356 e. The topological polar surface area (TPSA) is 60.5 Å². The number of hydrogen-bond donors (Lipinski definition) is 1. The molecule has 0 bridgehead atoms. The highest BCUT2D eigenvalue weighted by Crippen LogP contribution is 2.30. The van der Waals surface area contributed by atoms with Crippen molar-refractivity contribution >= 4 is 39.8 Å². The average molecular weight is 357 g/mol. The van der Waals surface area contributed by atoms with E-state index >= 15 is 0 Å². The molecule has 0 spiro atoms. The smallest absolute Gasteiger partial charge is 0.356 e. The first-order valence-electron chi connectivity index (χ1n) is 7.79. The summed E-state index contributed by atoms with van der Waals surface area (Å²) in [4.78, 5) is 16.3. The van der Waals surface area contributed by atoms with Gasteiger partial charge in [-0.25, -0.2) is 9.78 Å². The predicted octanol–water partition coefficient (Wildman–Crippen LogP) is 4.82. The van der Waals surface area contributed by atoms with Gasteiger partial charge in [-0.2, -0.15) is 0 Å². The number of rotatable bonds is 5. The molecule has 0 saturated heterocycles. The molecule has 1 aromatic heterocycles. The molecule has 0 radical (unpaired) electrons. The number of anilines is 2. The molecule has 0 aliphatic rings. The summed E-state index contributed by atoms with van der Waals surface area (Å²) in [5.74, 6) is 0.247. The standard InChI is InChI=1S/C19H17ClN2O3/c1-3-25-14-8-9-16-15(10-14)17(11-18(22-16)19(23)24-2)21-13-6-4-12(20)5-7-13/h4-11H,3H2,1-2H3,(H,21,22). The lowest BCUT2D eigenvalue weighted by Gasteiger charge is -2.13. The lowest BCUT2D eigenvalue weighted by molar-refractivity contribution is 0.0594. The van der Waals surface area contributed by atoms with E-state index in [0.29, 0.717) is 17.1 Å². The molecule has 128 valence electrons. The summed E-state index contributed by atoms with van der Waals surface area (Å²) in [5.41, 5.74) is 2.47. The van der Waals surface area contributed by atoms with Gasteiger partial charge in [0.05, 0.1) is 24.9 Å². The quantitative estimate of drug-likeness (QED) is 0.664. The number of halogens is 1. The van der Waals surface area contributed by atoms with Crippen molar-refractivity contribution in [1.82, 2.24) is 4.98 Å². The molecular formula is C19H17ClN2O3. The Balaban J connectivity index is 2.11. The molecule has 3 rings (SSSR count). The van der Waals surface area contributed by atoms with Gasteiger partial charge in [-0.05, 0) is 55.5 Å². The van der Waals surface area contributed by atoms with E-state index in [2.05, 4.69) is 10.3 Å². The molecule has 25 heavy (non-hydrogen) atoms. The molecule has 3 aromatic rings. The van der Waals surface area contributed by atoms with Crippen molar-refractivity contribution in [1.29, 1.82) is 0 Å². The summed E-state index contributed by atoms with van der Waals surface area (Å²) in [7, 11) is 1.33. The number of carbonyl (C=O) groups is 1. The zero-order valence-corrected chi connectivity index (χ0v) is 14.6. The molecule has 0 fully saturated rings. The number of esters is 1. The third kappa shape index (κ3) is 3.83. The molecule has 1 heterocycles. The van der Waals surface area contributed by atoms with Crippen LogP contribution in [-0.2, 0) is 4.74 Å². The van der Waals surface area contributed by atoms with Crippen LogP contribution in [0.15, 0.2) is 48.5 Å². The molecule has 2 aromatic carbocycles. The van der Waals surface area contributed by atoms with Gasteiger partial charge in [-0.1, -0.05) is 11.6 Å². The summed E-state index contributed by atoms with van der Waals surface area (Å²) in [6.45, 7) is 2.49. The van der Waals surface area contributed by atoms with Crippen molar-refractivity contribution in [3.63, 3.8) is 0 Å². The molecule has 0 atom stereocenters. The van der Waals surface area contributed by atoms with Crippen molar-refractivity contribution in [2.24, 2.45) is 0 Å². The number of nitrogens with zero attached hydrogens (tertiary/aromatic N) is 1. The Hall–Kier alpha value is -2.79. The maximum atomic E-state index is 11.9. The van der Waals surface area contributed by atoms with Gasteiger partial charge in [0.25, 0.3) is 0 Å². The summed E-state index contributed by atoms with van der Waals surface area (Å²) < 4.78 is 10.4. The molecule has 0 amide bonds. The highest BCUT2D eigenvalue weighted by Gasteiger charge is 2.13. The van der Waals surface area contributed by atoms with Gasteiger partial charge in [0.15, 0.2) is 5.69 Å². The fourth-order valence-corrected chi connectivity index (χ4v) is 2.59. The Kier molecular flexibility index (Phi) is 5.05. The zero-order valence-electron chi connectivity index (χ0n) is 13.9. The van der Waals surface area contributed by atoms with Gasteiger partial charge in [0.1, 0.15) is 5.75 Å². The van der Waals surface area contributed by atoms with Gasteiger partial charge >= 0.3 is 5.97 Å². The van der Waals surface area contributed by atoms with E-state index in [1.807, 2.05) is 37.3 Å². The largest absolute Gasteiger partial charge is 0.494 e. The molecular weight excluding hydrogens is 340 g/mol. The van der Waals surface area contributed by atoms with Crippen LogP contribution in [0.25, 0.3) is 10.9 Å². The number of methoxy groups -OCH3 is 1. The minimum absolute atomic E-state index is 0.232. The van der Waals surface area contributed by atoms with Crippen LogP contribution in [-0.4, -0.2) is 24.7 Å². The van der Waals surface area contributed by atoms with E-state index in [9.17, 15) is 4.79 Å². The third-order valence-corrected chi connectivity index (χ3v) is 3.86. The van der Waals surface area contributed by atoms with Crippen molar-refractivity contribution < 1.29 is 14.3 Å². The Morgan fingerprint density at radius 1 is 1.16 bits per heavy atom. The van der Waals surface area contributed by atoms with Crippen molar-refractivity contribution in [2.45, 2.75) is 6.92 Å². The molecule has 0 saturated carbocycles. The normalized spacial score (nSPS) is 10.5. The highest BCUT2D eigenvalue weighted by atomic mass is 35.5. The number of aromatic nitrogens is 1. The lowest BCUT2D eigenvalue weighted by Crippen LogP contribution is -2.06. The average Bonchev–Trinajstić information content (AvgIpc) is 2.63. The van der Waals surface area contributed by atoms with Gasteiger partial charge in [-0.3, -0.25) is 0 Å². The first kappa shape index (κ1) is 17.0. The SMILES string of the molecule is CCOc1ccc2nc(C(=O)OC)cc(Nc3ccc(Cl)cc3)c2c1. The van der Waals surface area contributed by atoms with Crippen molar-refractivity contribution in [3.05, 3.63) is 59.2 Å². The highest BCUT2D eigenvalue weighted by molar-refractivity contribution is 6.30. The minimum Gasteiger partial charge on any atom is -0.494 e. The van der Waals surface area contributed by atoms with E-state index < -0.39 is 5.97 Å². The number of hydrogen-bond acceptors (Lipinski definition) is 5. The van der Waals surface area contributed by atoms with E-state index in [4.69, 9.17) is 21.1 Å². The molecule has 1 N–H and O–H groups in total. The van der Waals surface area contributed by atoms with Crippen LogP contribution in [0.3, 0.4) is 0 Å². The van der Waals surface area contributed by atoms with Crippen LogP contribution in [0.5, 0.6) is 5.75 Å². The fourth-order valence-electron chi connectivity index (χ4n) is 2.46. The number of benzene rings is 2. The van der Waals surface area contributed by atoms with Crippen molar-refractivity contribution in [2.75, 3.05) is 19.0 Å². The van der Waals surface area contributed by atoms with Gasteiger partial charge in [0.2, 0.25) is 0 Å². The van der Waals surface area contributed by atoms with Crippen LogP contribution in [0.1, 0.15) is 17.4 Å². The van der Waals surface area contributed by atoms with E-state index in [1.54, 1.807) is 18.2 Å². The second kappa shape index (κ2) is 7.40. The minimum atomic E-state index is -0.491. The van der Waals surface area contributed by atoms with Gasteiger partial charge in [-0.15, -0.1) is 0 Å². The summed E-state index contributed by atoms with van der Waals surface area (Å²) in [6, 6.07) is 14.5. The Labute approximate surface area is 150 Å². The Morgan fingerprint density at radius 2 is 1.92 bits per heavy atom. The van der Waals surface area contributed by atoms with Crippen LogP contribution in [0.2, 0.25) is 5.02 Å². The monoisotopic (exact) mass is 356 g/mol. The van der Waals surface area contributed by atoms with E-state index in [-0.39, 0.29) is 5.69 Å². The number of carbonyl (C=O) groups excluding carboxylic acids is 1. The first-order valence-corrected chi connectivity index (χ1v) is 8.17. The zero-order chi connectivity index (χ0) is 17.8. The molecule has 0 unspecified atom stereocenters. The van der Waals surface area contributed by atoms with Crippen LogP contribution in [0.4, 0.5) is 11.4 Å². The van der Waals surface area contributed by atoms with E-state index in [0.717, 1.165) is 22.5 Å². The summed E-state index contributed by atoms with van der Waals surface area (Å²) in [5, 5.41) is 4.79. The Bertz CT molecular complexity index is 910. The van der Waals surface area contributed by atoms with Gasteiger partial charge in [0, 0.05) is 16.1 Å². The van der Waals surface area contributed by atoms with Gasteiger partial charge < -0.3 is 14.8 Å². The molecule has 6 heteroatoms. The molecule has 0 aliphatic heterocycles. The third-order valence-electron chi connectivity index (χ3n) is 3.61. The number of fused-ring (bicyclic) bond motifs is 1. The van der Waals surface area contributed by atoms with Crippen LogP contribution >= 0.6 is 11.6 Å². The van der Waals surface area contributed by atoms with Crippen LogP contribution < -0.4 is 10.1 Å².